The maximum Gasteiger partial charge on any atom is 0.146 e. The summed E-state index contributed by atoms with van der Waals surface area (Å²) in [4.78, 5) is 6.75. The number of hydrogen-bond donors (Lipinski definition) is 1. The van der Waals surface area contributed by atoms with Gasteiger partial charge < -0.3 is 10.2 Å². The minimum atomic E-state index is 0.680. The van der Waals surface area contributed by atoms with Crippen LogP contribution >= 0.6 is 0 Å². The molecule has 1 aromatic rings. The van der Waals surface area contributed by atoms with Crippen molar-refractivity contribution in [3.8, 4) is 6.07 Å². The minimum absolute atomic E-state index is 0.680. The summed E-state index contributed by atoms with van der Waals surface area (Å²) in [5, 5.41) is 12.4. The van der Waals surface area contributed by atoms with Gasteiger partial charge in [-0.25, -0.2) is 4.98 Å². The third kappa shape index (κ3) is 2.15. The summed E-state index contributed by atoms with van der Waals surface area (Å²) in [5.74, 6) is 0.850. The molecule has 0 amide bonds. The molecule has 0 radical (unpaired) electrons. The van der Waals surface area contributed by atoms with Gasteiger partial charge in [-0.05, 0) is 18.6 Å². The smallest absolute Gasteiger partial charge is 0.146 e. The molecule has 0 saturated carbocycles. The first kappa shape index (κ1) is 10.9. The summed E-state index contributed by atoms with van der Waals surface area (Å²) in [7, 11) is 0. The summed E-state index contributed by atoms with van der Waals surface area (Å²) in [6, 6.07) is 6.03. The second-order valence-corrected chi connectivity index (χ2v) is 3.88. The SMILES string of the molecule is CCc1ccc(C#N)c(N2CCNCC2)n1. The van der Waals surface area contributed by atoms with E-state index in [4.69, 9.17) is 5.26 Å². The number of rotatable bonds is 2. The number of nitrogens with one attached hydrogen (secondary N) is 1. The topological polar surface area (TPSA) is 52.0 Å². The van der Waals surface area contributed by atoms with E-state index in [0.717, 1.165) is 44.1 Å². The Morgan fingerprint density at radius 3 is 2.81 bits per heavy atom. The highest BCUT2D eigenvalue weighted by molar-refractivity contribution is 5.54. The molecule has 0 aliphatic carbocycles. The van der Waals surface area contributed by atoms with E-state index < -0.39 is 0 Å². The Bertz CT molecular complexity index is 402. The second kappa shape index (κ2) is 4.95. The lowest BCUT2D eigenvalue weighted by atomic mass is 10.2. The summed E-state index contributed by atoms with van der Waals surface area (Å²) in [6.07, 6.45) is 0.908. The van der Waals surface area contributed by atoms with Gasteiger partial charge in [0.25, 0.3) is 0 Å². The molecule has 4 nitrogen and oxygen atoms in total. The van der Waals surface area contributed by atoms with Crippen molar-refractivity contribution in [1.82, 2.24) is 10.3 Å². The van der Waals surface area contributed by atoms with Gasteiger partial charge in [0, 0.05) is 31.9 Å². The minimum Gasteiger partial charge on any atom is -0.353 e. The number of anilines is 1. The maximum atomic E-state index is 9.08. The fourth-order valence-electron chi connectivity index (χ4n) is 1.89. The van der Waals surface area contributed by atoms with E-state index in [0.29, 0.717) is 5.56 Å². The molecule has 1 N–H and O–H groups in total. The zero-order valence-corrected chi connectivity index (χ0v) is 9.53. The normalized spacial score (nSPS) is 15.9. The highest BCUT2D eigenvalue weighted by Gasteiger charge is 2.15. The highest BCUT2D eigenvalue weighted by Crippen LogP contribution is 2.18. The Morgan fingerprint density at radius 2 is 2.19 bits per heavy atom. The molecule has 84 valence electrons. The lowest BCUT2D eigenvalue weighted by Gasteiger charge is -2.29. The van der Waals surface area contributed by atoms with Crippen LogP contribution in [0, 0.1) is 11.3 Å². The molecule has 1 aliphatic heterocycles. The number of hydrogen-bond acceptors (Lipinski definition) is 4. The number of nitriles is 1. The Hall–Kier alpha value is -1.60. The van der Waals surface area contributed by atoms with Crippen molar-refractivity contribution < 1.29 is 0 Å². The van der Waals surface area contributed by atoms with Crippen molar-refractivity contribution in [2.24, 2.45) is 0 Å². The van der Waals surface area contributed by atoms with Gasteiger partial charge in [0.2, 0.25) is 0 Å². The Kier molecular flexibility index (Phi) is 3.37. The Labute approximate surface area is 95.9 Å². The number of aryl methyl sites for hydroxylation is 1. The van der Waals surface area contributed by atoms with Crippen LogP contribution in [-0.2, 0) is 6.42 Å². The molecule has 1 saturated heterocycles. The molecule has 0 atom stereocenters. The van der Waals surface area contributed by atoms with Crippen LogP contribution in [0.25, 0.3) is 0 Å². The number of piperazine rings is 1. The molecule has 4 heteroatoms. The number of aromatic nitrogens is 1. The summed E-state index contributed by atoms with van der Waals surface area (Å²) in [5.41, 5.74) is 1.73. The van der Waals surface area contributed by atoms with Gasteiger partial charge in [0.1, 0.15) is 11.9 Å². The fraction of sp³-hybridized carbons (Fsp3) is 0.500. The van der Waals surface area contributed by atoms with Gasteiger partial charge in [0.15, 0.2) is 0 Å². The van der Waals surface area contributed by atoms with Crippen LogP contribution in [0.3, 0.4) is 0 Å². The number of pyridine rings is 1. The van der Waals surface area contributed by atoms with Gasteiger partial charge in [-0.1, -0.05) is 6.92 Å². The molecule has 0 unspecified atom stereocenters. The van der Waals surface area contributed by atoms with Crippen LogP contribution in [0.1, 0.15) is 18.2 Å². The summed E-state index contributed by atoms with van der Waals surface area (Å²) < 4.78 is 0. The molecule has 2 rings (SSSR count). The van der Waals surface area contributed by atoms with E-state index >= 15 is 0 Å². The molecule has 16 heavy (non-hydrogen) atoms. The molecule has 0 bridgehead atoms. The molecule has 2 heterocycles. The molecule has 0 aromatic carbocycles. The van der Waals surface area contributed by atoms with E-state index in [2.05, 4.69) is 28.2 Å². The van der Waals surface area contributed by atoms with Crippen LogP contribution in [0.5, 0.6) is 0 Å². The third-order valence-corrected chi connectivity index (χ3v) is 2.83. The molecular weight excluding hydrogens is 200 g/mol. The lowest BCUT2D eigenvalue weighted by molar-refractivity contribution is 0.584. The van der Waals surface area contributed by atoms with Crippen LogP contribution in [0.15, 0.2) is 12.1 Å². The first-order valence-corrected chi connectivity index (χ1v) is 5.71. The van der Waals surface area contributed by atoms with Crippen LogP contribution in [0.4, 0.5) is 5.82 Å². The van der Waals surface area contributed by atoms with E-state index in [1.54, 1.807) is 0 Å². The molecule has 1 aliphatic rings. The summed E-state index contributed by atoms with van der Waals surface area (Å²) in [6.45, 7) is 5.85. The Morgan fingerprint density at radius 1 is 1.44 bits per heavy atom. The van der Waals surface area contributed by atoms with E-state index in [9.17, 15) is 0 Å². The van der Waals surface area contributed by atoms with Gasteiger partial charge >= 0.3 is 0 Å². The van der Waals surface area contributed by atoms with Crippen LogP contribution in [-0.4, -0.2) is 31.2 Å². The van der Waals surface area contributed by atoms with Crippen LogP contribution < -0.4 is 10.2 Å². The van der Waals surface area contributed by atoms with Crippen molar-refractivity contribution >= 4 is 5.82 Å². The predicted octanol–water partition coefficient (Wildman–Crippen LogP) is 0.925. The average Bonchev–Trinajstić information content (AvgIpc) is 2.39. The van der Waals surface area contributed by atoms with Crippen molar-refractivity contribution in [2.45, 2.75) is 13.3 Å². The maximum absolute atomic E-state index is 9.08. The van der Waals surface area contributed by atoms with Crippen molar-refractivity contribution in [3.05, 3.63) is 23.4 Å². The van der Waals surface area contributed by atoms with Crippen LogP contribution in [0.2, 0.25) is 0 Å². The fourth-order valence-corrected chi connectivity index (χ4v) is 1.89. The molecule has 1 fully saturated rings. The zero-order valence-electron chi connectivity index (χ0n) is 9.53. The van der Waals surface area contributed by atoms with E-state index in [-0.39, 0.29) is 0 Å². The van der Waals surface area contributed by atoms with Gasteiger partial charge in [-0.2, -0.15) is 5.26 Å². The molecule has 0 spiro atoms. The molecular formula is C12H16N4. The second-order valence-electron chi connectivity index (χ2n) is 3.88. The first-order valence-electron chi connectivity index (χ1n) is 5.71. The lowest BCUT2D eigenvalue weighted by Crippen LogP contribution is -2.44. The van der Waals surface area contributed by atoms with E-state index in [1.165, 1.54) is 0 Å². The van der Waals surface area contributed by atoms with Crippen molar-refractivity contribution in [3.63, 3.8) is 0 Å². The van der Waals surface area contributed by atoms with Crippen molar-refractivity contribution in [1.29, 1.82) is 5.26 Å². The average molecular weight is 216 g/mol. The first-order chi connectivity index (χ1) is 7.85. The molecule has 1 aromatic heterocycles. The quantitative estimate of drug-likeness (QED) is 0.799. The van der Waals surface area contributed by atoms with Crippen molar-refractivity contribution in [2.75, 3.05) is 31.1 Å². The monoisotopic (exact) mass is 216 g/mol. The highest BCUT2D eigenvalue weighted by atomic mass is 15.2. The zero-order chi connectivity index (χ0) is 11.4. The van der Waals surface area contributed by atoms with Gasteiger partial charge in [0.05, 0.1) is 5.56 Å². The standard InChI is InChI=1S/C12H16N4/c1-2-11-4-3-10(9-13)12(15-11)16-7-5-14-6-8-16/h3-4,14H,2,5-8H2,1H3. The van der Waals surface area contributed by atoms with E-state index in [1.807, 2.05) is 12.1 Å². The summed E-state index contributed by atoms with van der Waals surface area (Å²) >= 11 is 0. The third-order valence-electron chi connectivity index (χ3n) is 2.83. The largest absolute Gasteiger partial charge is 0.353 e. The predicted molar refractivity (Wildman–Crippen MR) is 63.4 cm³/mol. The Balaban J connectivity index is 2.32. The van der Waals surface area contributed by atoms with Gasteiger partial charge in [-0.15, -0.1) is 0 Å². The number of nitrogens with zero attached hydrogens (tertiary/aromatic N) is 3. The van der Waals surface area contributed by atoms with Gasteiger partial charge in [-0.3, -0.25) is 0 Å².